The number of anilines is 1. The average molecular weight is 311 g/mol. The minimum atomic E-state index is -3.58. The van der Waals surface area contributed by atoms with E-state index >= 15 is 0 Å². The second kappa shape index (κ2) is 5.64. The zero-order valence-corrected chi connectivity index (χ0v) is 12.3. The fourth-order valence-electron chi connectivity index (χ4n) is 1.63. The molecule has 0 aliphatic rings. The van der Waals surface area contributed by atoms with Crippen molar-refractivity contribution in [3.63, 3.8) is 0 Å². The van der Waals surface area contributed by atoms with Gasteiger partial charge in [0.05, 0.1) is 6.42 Å². The van der Waals surface area contributed by atoms with E-state index in [0.717, 1.165) is 4.88 Å². The maximum Gasteiger partial charge on any atom is 0.307 e. The second-order valence-corrected chi connectivity index (χ2v) is 7.44. The Morgan fingerprint density at radius 2 is 1.85 bits per heavy atom. The van der Waals surface area contributed by atoms with Crippen molar-refractivity contribution in [1.29, 1.82) is 0 Å². The van der Waals surface area contributed by atoms with E-state index in [0.29, 0.717) is 11.3 Å². The summed E-state index contributed by atoms with van der Waals surface area (Å²) in [6, 6.07) is 9.58. The van der Waals surface area contributed by atoms with Crippen molar-refractivity contribution < 1.29 is 18.3 Å². The lowest BCUT2D eigenvalue weighted by Gasteiger charge is -2.06. The number of rotatable bonds is 5. The number of thiophene rings is 1. The minimum absolute atomic E-state index is 0.0862. The summed E-state index contributed by atoms with van der Waals surface area (Å²) in [5.74, 6) is -0.924. The molecule has 7 heteroatoms. The summed E-state index contributed by atoms with van der Waals surface area (Å²) in [6.45, 7) is 1.84. The zero-order valence-electron chi connectivity index (χ0n) is 10.7. The largest absolute Gasteiger partial charge is 0.481 e. The molecule has 0 bridgehead atoms. The Hall–Kier alpha value is -1.86. The van der Waals surface area contributed by atoms with Gasteiger partial charge in [0.2, 0.25) is 0 Å². The van der Waals surface area contributed by atoms with Crippen molar-refractivity contribution >= 4 is 33.0 Å². The number of carboxylic acid groups (broad SMARTS) is 1. The summed E-state index contributed by atoms with van der Waals surface area (Å²) >= 11 is 1.20. The van der Waals surface area contributed by atoms with Crippen LogP contribution < -0.4 is 4.72 Å². The molecular formula is C13H13NO4S2. The maximum atomic E-state index is 12.1. The van der Waals surface area contributed by atoms with Crippen LogP contribution in [0.2, 0.25) is 0 Å². The highest BCUT2D eigenvalue weighted by molar-refractivity contribution is 7.94. The molecule has 2 aromatic rings. The number of hydrogen-bond donors (Lipinski definition) is 2. The molecule has 0 unspecified atom stereocenters. The van der Waals surface area contributed by atoms with E-state index in [1.165, 1.54) is 11.3 Å². The van der Waals surface area contributed by atoms with E-state index in [1.54, 1.807) is 36.4 Å². The van der Waals surface area contributed by atoms with Crippen molar-refractivity contribution in [2.45, 2.75) is 17.6 Å². The highest BCUT2D eigenvalue weighted by Gasteiger charge is 2.16. The molecule has 20 heavy (non-hydrogen) atoms. The van der Waals surface area contributed by atoms with Crippen molar-refractivity contribution in [1.82, 2.24) is 0 Å². The van der Waals surface area contributed by atoms with Gasteiger partial charge in [-0.25, -0.2) is 8.42 Å². The molecule has 1 aromatic heterocycles. The van der Waals surface area contributed by atoms with Crippen LogP contribution in [-0.2, 0) is 21.2 Å². The first kappa shape index (κ1) is 14.5. The summed E-state index contributed by atoms with van der Waals surface area (Å²) in [7, 11) is -3.58. The molecule has 0 aliphatic carbocycles. The number of carbonyl (C=O) groups is 1. The topological polar surface area (TPSA) is 83.5 Å². The van der Waals surface area contributed by atoms with Gasteiger partial charge < -0.3 is 5.11 Å². The first-order valence-electron chi connectivity index (χ1n) is 5.77. The summed E-state index contributed by atoms with van der Waals surface area (Å²) in [5.41, 5.74) is 1.03. The van der Waals surface area contributed by atoms with Crippen molar-refractivity contribution in [2.75, 3.05) is 4.72 Å². The molecule has 0 radical (unpaired) electrons. The lowest BCUT2D eigenvalue weighted by Crippen LogP contribution is -2.11. The quantitative estimate of drug-likeness (QED) is 0.888. The van der Waals surface area contributed by atoms with Crippen LogP contribution in [0, 0.1) is 6.92 Å². The molecule has 0 saturated carbocycles. The summed E-state index contributed by atoms with van der Waals surface area (Å²) in [4.78, 5) is 11.5. The first-order valence-corrected chi connectivity index (χ1v) is 8.07. The molecule has 0 aliphatic heterocycles. The van der Waals surface area contributed by atoms with E-state index in [9.17, 15) is 13.2 Å². The molecule has 5 nitrogen and oxygen atoms in total. The monoisotopic (exact) mass is 311 g/mol. The van der Waals surface area contributed by atoms with Crippen LogP contribution in [-0.4, -0.2) is 19.5 Å². The van der Waals surface area contributed by atoms with Crippen LogP contribution in [0.25, 0.3) is 0 Å². The van der Waals surface area contributed by atoms with E-state index in [1.807, 2.05) is 6.92 Å². The van der Waals surface area contributed by atoms with Crippen LogP contribution in [0.1, 0.15) is 10.4 Å². The Kier molecular flexibility index (Phi) is 4.10. The van der Waals surface area contributed by atoms with Gasteiger partial charge in [-0.3, -0.25) is 9.52 Å². The third-order valence-corrected chi connectivity index (χ3v) is 5.42. The fourth-order valence-corrected chi connectivity index (χ4v) is 3.97. The zero-order chi connectivity index (χ0) is 14.8. The molecule has 0 fully saturated rings. The summed E-state index contributed by atoms with van der Waals surface area (Å²) in [6.07, 6.45) is -0.0862. The van der Waals surface area contributed by atoms with Gasteiger partial charge in [0.25, 0.3) is 10.0 Å². The molecular weight excluding hydrogens is 298 g/mol. The van der Waals surface area contributed by atoms with Crippen LogP contribution >= 0.6 is 11.3 Å². The normalized spacial score (nSPS) is 11.2. The van der Waals surface area contributed by atoms with Crippen molar-refractivity contribution in [2.24, 2.45) is 0 Å². The van der Waals surface area contributed by atoms with Gasteiger partial charge in [0, 0.05) is 10.6 Å². The highest BCUT2D eigenvalue weighted by Crippen LogP contribution is 2.23. The smallest absolute Gasteiger partial charge is 0.307 e. The van der Waals surface area contributed by atoms with Crippen molar-refractivity contribution in [3.8, 4) is 0 Å². The summed E-state index contributed by atoms with van der Waals surface area (Å²) < 4.78 is 26.9. The SMILES string of the molecule is Cc1ccc(S(=O)(=O)Nc2ccc(CC(=O)O)cc2)s1. The van der Waals surface area contributed by atoms with Gasteiger partial charge in [-0.1, -0.05) is 12.1 Å². The van der Waals surface area contributed by atoms with Gasteiger partial charge in [-0.15, -0.1) is 11.3 Å². The molecule has 2 rings (SSSR count). The minimum Gasteiger partial charge on any atom is -0.481 e. The Morgan fingerprint density at radius 3 is 2.35 bits per heavy atom. The van der Waals surface area contributed by atoms with Crippen LogP contribution in [0.4, 0.5) is 5.69 Å². The molecule has 1 aromatic carbocycles. The second-order valence-electron chi connectivity index (χ2n) is 4.24. The van der Waals surface area contributed by atoms with Gasteiger partial charge in [0.1, 0.15) is 4.21 Å². The van der Waals surface area contributed by atoms with Crippen LogP contribution in [0.3, 0.4) is 0 Å². The van der Waals surface area contributed by atoms with E-state index in [4.69, 9.17) is 5.11 Å². The predicted octanol–water partition coefficient (Wildman–Crippen LogP) is 2.48. The molecule has 0 spiro atoms. The van der Waals surface area contributed by atoms with E-state index < -0.39 is 16.0 Å². The van der Waals surface area contributed by atoms with Crippen LogP contribution in [0.5, 0.6) is 0 Å². The molecule has 0 amide bonds. The van der Waals surface area contributed by atoms with Gasteiger partial charge in [-0.2, -0.15) is 0 Å². The standard InChI is InChI=1S/C13H13NO4S2/c1-9-2-7-13(19-9)20(17,18)14-11-5-3-10(4-6-11)8-12(15)16/h2-7,14H,8H2,1H3,(H,15,16). The number of benzene rings is 1. The average Bonchev–Trinajstić information content (AvgIpc) is 2.78. The summed E-state index contributed by atoms with van der Waals surface area (Å²) in [5, 5.41) is 8.66. The third-order valence-electron chi connectivity index (χ3n) is 2.54. The number of aryl methyl sites for hydroxylation is 1. The first-order chi connectivity index (χ1) is 9.37. The molecule has 0 atom stereocenters. The molecule has 0 saturated heterocycles. The molecule has 106 valence electrons. The Balaban J connectivity index is 2.15. The van der Waals surface area contributed by atoms with Gasteiger partial charge in [0.15, 0.2) is 0 Å². The predicted molar refractivity (Wildman–Crippen MR) is 77.6 cm³/mol. The fraction of sp³-hybridized carbons (Fsp3) is 0.154. The number of hydrogen-bond acceptors (Lipinski definition) is 4. The molecule has 1 heterocycles. The number of sulfonamides is 1. The number of aliphatic carboxylic acids is 1. The number of carboxylic acids is 1. The van der Waals surface area contributed by atoms with E-state index in [2.05, 4.69) is 4.72 Å². The lowest BCUT2D eigenvalue weighted by atomic mass is 10.1. The Labute approximate surface area is 120 Å². The van der Waals surface area contributed by atoms with Crippen molar-refractivity contribution in [3.05, 3.63) is 46.8 Å². The third kappa shape index (κ3) is 3.58. The highest BCUT2D eigenvalue weighted by atomic mass is 32.2. The Bertz CT molecular complexity index is 717. The Morgan fingerprint density at radius 1 is 1.20 bits per heavy atom. The molecule has 2 N–H and O–H groups in total. The van der Waals surface area contributed by atoms with Gasteiger partial charge in [-0.05, 0) is 36.8 Å². The van der Waals surface area contributed by atoms with Gasteiger partial charge >= 0.3 is 5.97 Å². The lowest BCUT2D eigenvalue weighted by molar-refractivity contribution is -0.136. The van der Waals surface area contributed by atoms with Crippen LogP contribution in [0.15, 0.2) is 40.6 Å². The maximum absolute atomic E-state index is 12.1. The van der Waals surface area contributed by atoms with E-state index in [-0.39, 0.29) is 10.6 Å². The number of nitrogens with one attached hydrogen (secondary N) is 1.